The van der Waals surface area contributed by atoms with Gasteiger partial charge in [0.25, 0.3) is 0 Å². The van der Waals surface area contributed by atoms with Crippen LogP contribution in [0.2, 0.25) is 0 Å². The van der Waals surface area contributed by atoms with Crippen molar-refractivity contribution in [3.8, 4) is 11.3 Å². The molecule has 0 amide bonds. The fourth-order valence-electron chi connectivity index (χ4n) is 2.23. The predicted molar refractivity (Wildman–Crippen MR) is 73.8 cm³/mol. The molecule has 0 saturated heterocycles. The van der Waals surface area contributed by atoms with E-state index in [-0.39, 0.29) is 16.9 Å². The van der Waals surface area contributed by atoms with Crippen LogP contribution in [0.4, 0.5) is 19.0 Å². The molecule has 0 unspecified atom stereocenters. The van der Waals surface area contributed by atoms with Crippen molar-refractivity contribution in [1.82, 2.24) is 25.6 Å². The molecule has 1 aromatic carbocycles. The van der Waals surface area contributed by atoms with Crippen molar-refractivity contribution < 1.29 is 13.2 Å². The molecule has 0 atom stereocenters. The van der Waals surface area contributed by atoms with E-state index in [2.05, 4.69) is 25.6 Å². The fraction of sp³-hybridized carbons (Fsp3) is 0.231. The minimum atomic E-state index is -4.51. The smallest absolute Gasteiger partial charge is 0.382 e. The summed E-state index contributed by atoms with van der Waals surface area (Å²) in [5, 5.41) is 17.5. The summed E-state index contributed by atoms with van der Waals surface area (Å²) in [4.78, 5) is 0. The number of alkyl halides is 3. The normalized spacial score (nSPS) is 12.0. The van der Waals surface area contributed by atoms with Crippen molar-refractivity contribution in [2.75, 3.05) is 5.73 Å². The second-order valence-corrected chi connectivity index (χ2v) is 4.86. The topological polar surface area (TPSA) is 93.4 Å². The maximum Gasteiger partial charge on any atom is 0.418 e. The Hall–Kier alpha value is -2.71. The Morgan fingerprint density at radius 2 is 1.68 bits per heavy atom. The van der Waals surface area contributed by atoms with Crippen LogP contribution in [-0.4, -0.2) is 25.6 Å². The van der Waals surface area contributed by atoms with Gasteiger partial charge in [-0.15, -0.1) is 10.2 Å². The molecule has 0 aliphatic rings. The number of benzene rings is 1. The second-order valence-electron chi connectivity index (χ2n) is 4.86. The van der Waals surface area contributed by atoms with E-state index in [1.165, 1.54) is 6.07 Å². The summed E-state index contributed by atoms with van der Waals surface area (Å²) in [5.74, 6) is 0.282. The number of nitrogens with one attached hydrogen (secondary N) is 1. The van der Waals surface area contributed by atoms with Gasteiger partial charge in [0.1, 0.15) is 16.9 Å². The van der Waals surface area contributed by atoms with Crippen LogP contribution < -0.4 is 5.73 Å². The zero-order valence-corrected chi connectivity index (χ0v) is 11.7. The Kier molecular flexibility index (Phi) is 3.01. The van der Waals surface area contributed by atoms with Crippen molar-refractivity contribution in [1.29, 1.82) is 0 Å². The Morgan fingerprint density at radius 1 is 1.00 bits per heavy atom. The van der Waals surface area contributed by atoms with Gasteiger partial charge in [-0.05, 0) is 37.1 Å². The van der Waals surface area contributed by atoms with E-state index in [0.29, 0.717) is 11.3 Å². The quantitative estimate of drug-likeness (QED) is 0.721. The summed E-state index contributed by atoms with van der Waals surface area (Å²) in [6.07, 6.45) is -4.51. The van der Waals surface area contributed by atoms with E-state index in [1.54, 1.807) is 13.8 Å². The van der Waals surface area contributed by atoms with Crippen LogP contribution in [0.5, 0.6) is 0 Å². The highest BCUT2D eigenvalue weighted by Crippen LogP contribution is 2.37. The standard InChI is InChI=1S/C13H11F3N6/c1-5-6(2)12(17)21-18-9(5)7-3-4-8(13(14,15)16)11-10(7)19-22-20-11/h3-4H,1-2H3,(H2,17,21)(H,19,20,22). The Balaban J connectivity index is 2.31. The van der Waals surface area contributed by atoms with E-state index in [1.807, 2.05) is 0 Å². The molecule has 9 heteroatoms. The van der Waals surface area contributed by atoms with Gasteiger partial charge >= 0.3 is 6.18 Å². The van der Waals surface area contributed by atoms with Gasteiger partial charge < -0.3 is 5.73 Å². The maximum absolute atomic E-state index is 13.0. The molecule has 0 radical (unpaired) electrons. The lowest BCUT2D eigenvalue weighted by atomic mass is 10.0. The molecule has 114 valence electrons. The number of nitrogen functional groups attached to an aromatic ring is 1. The maximum atomic E-state index is 13.0. The molecule has 22 heavy (non-hydrogen) atoms. The first-order chi connectivity index (χ1) is 10.3. The van der Waals surface area contributed by atoms with Crippen molar-refractivity contribution in [2.45, 2.75) is 20.0 Å². The van der Waals surface area contributed by atoms with Crippen LogP contribution in [0.1, 0.15) is 16.7 Å². The van der Waals surface area contributed by atoms with E-state index < -0.39 is 11.7 Å². The highest BCUT2D eigenvalue weighted by molar-refractivity contribution is 5.93. The molecule has 0 aliphatic carbocycles. The number of halogens is 3. The predicted octanol–water partition coefficient (Wildman–Crippen LogP) is 2.63. The number of aromatic nitrogens is 5. The monoisotopic (exact) mass is 308 g/mol. The fourth-order valence-corrected chi connectivity index (χ4v) is 2.23. The van der Waals surface area contributed by atoms with E-state index in [0.717, 1.165) is 17.2 Å². The minimum absolute atomic E-state index is 0.0939. The first-order valence-corrected chi connectivity index (χ1v) is 6.31. The number of aromatic amines is 1. The lowest BCUT2D eigenvalue weighted by Crippen LogP contribution is -2.07. The zero-order chi connectivity index (χ0) is 16.1. The van der Waals surface area contributed by atoms with Gasteiger partial charge in [0.15, 0.2) is 0 Å². The van der Waals surface area contributed by atoms with Gasteiger partial charge in [-0.25, -0.2) is 0 Å². The lowest BCUT2D eigenvalue weighted by molar-refractivity contribution is -0.136. The molecule has 0 aliphatic heterocycles. The molecular weight excluding hydrogens is 297 g/mol. The average molecular weight is 308 g/mol. The molecule has 0 spiro atoms. The Morgan fingerprint density at radius 3 is 2.36 bits per heavy atom. The highest BCUT2D eigenvalue weighted by Gasteiger charge is 2.34. The van der Waals surface area contributed by atoms with Gasteiger partial charge in [0, 0.05) is 5.56 Å². The minimum Gasteiger partial charge on any atom is -0.382 e. The van der Waals surface area contributed by atoms with Gasteiger partial charge in [0.05, 0.1) is 11.3 Å². The van der Waals surface area contributed by atoms with Crippen LogP contribution in [0.15, 0.2) is 12.1 Å². The summed E-state index contributed by atoms with van der Waals surface area (Å²) in [6, 6.07) is 2.29. The number of H-pyrrole nitrogens is 1. The van der Waals surface area contributed by atoms with Gasteiger partial charge in [-0.1, -0.05) is 0 Å². The summed E-state index contributed by atoms with van der Waals surface area (Å²) >= 11 is 0. The summed E-state index contributed by atoms with van der Waals surface area (Å²) in [7, 11) is 0. The van der Waals surface area contributed by atoms with Gasteiger partial charge in [0.2, 0.25) is 0 Å². The SMILES string of the molecule is Cc1c(N)nnc(-c2ccc(C(F)(F)F)c3n[nH]nc23)c1C. The number of hydrogen-bond donors (Lipinski definition) is 2. The van der Waals surface area contributed by atoms with E-state index >= 15 is 0 Å². The first-order valence-electron chi connectivity index (χ1n) is 6.31. The molecule has 0 saturated carbocycles. The Labute approximate surface area is 122 Å². The molecule has 3 aromatic rings. The third-order valence-corrected chi connectivity index (χ3v) is 3.59. The number of hydrogen-bond acceptors (Lipinski definition) is 5. The van der Waals surface area contributed by atoms with Crippen molar-refractivity contribution in [3.63, 3.8) is 0 Å². The summed E-state index contributed by atoms with van der Waals surface area (Å²) in [5.41, 5.74) is 6.99. The summed E-state index contributed by atoms with van der Waals surface area (Å²) < 4.78 is 39.0. The average Bonchev–Trinajstić information content (AvgIpc) is 2.92. The summed E-state index contributed by atoms with van der Waals surface area (Å²) in [6.45, 7) is 3.55. The molecule has 6 nitrogen and oxygen atoms in total. The number of nitrogens with two attached hydrogens (primary N) is 1. The number of fused-ring (bicyclic) bond motifs is 1. The molecule has 2 heterocycles. The van der Waals surface area contributed by atoms with Crippen LogP contribution in [0.25, 0.3) is 22.3 Å². The molecule has 0 bridgehead atoms. The van der Waals surface area contributed by atoms with Crippen LogP contribution in [-0.2, 0) is 6.18 Å². The van der Waals surface area contributed by atoms with Crippen LogP contribution in [0.3, 0.4) is 0 Å². The molecule has 0 fully saturated rings. The number of nitrogens with zero attached hydrogens (tertiary/aromatic N) is 4. The number of rotatable bonds is 1. The first kappa shape index (κ1) is 14.2. The second kappa shape index (κ2) is 4.65. The van der Waals surface area contributed by atoms with Gasteiger partial charge in [-0.3, -0.25) is 0 Å². The van der Waals surface area contributed by atoms with Crippen LogP contribution >= 0.6 is 0 Å². The Bertz CT molecular complexity index is 868. The third kappa shape index (κ3) is 2.05. The number of anilines is 1. The van der Waals surface area contributed by atoms with E-state index in [4.69, 9.17) is 5.73 Å². The van der Waals surface area contributed by atoms with Gasteiger partial charge in [-0.2, -0.15) is 28.6 Å². The molecule has 2 aromatic heterocycles. The highest BCUT2D eigenvalue weighted by atomic mass is 19.4. The van der Waals surface area contributed by atoms with Crippen molar-refractivity contribution in [2.24, 2.45) is 0 Å². The molecular formula is C13H11F3N6. The largest absolute Gasteiger partial charge is 0.418 e. The van der Waals surface area contributed by atoms with Crippen LogP contribution in [0, 0.1) is 13.8 Å². The van der Waals surface area contributed by atoms with Crippen molar-refractivity contribution >= 4 is 16.9 Å². The van der Waals surface area contributed by atoms with E-state index in [9.17, 15) is 13.2 Å². The van der Waals surface area contributed by atoms with Crippen molar-refractivity contribution in [3.05, 3.63) is 28.8 Å². The zero-order valence-electron chi connectivity index (χ0n) is 11.7. The molecule has 3 rings (SSSR count). The molecule has 3 N–H and O–H groups in total. The third-order valence-electron chi connectivity index (χ3n) is 3.59. The lowest BCUT2D eigenvalue weighted by Gasteiger charge is -2.11.